The lowest BCUT2D eigenvalue weighted by Crippen LogP contribution is -2.36. The van der Waals surface area contributed by atoms with Crippen LogP contribution in [-0.2, 0) is 0 Å². The molecule has 0 saturated carbocycles. The molecular weight excluding hydrogens is 214 g/mol. The van der Waals surface area contributed by atoms with Crippen LogP contribution in [0, 0.1) is 13.8 Å². The van der Waals surface area contributed by atoms with Crippen molar-refractivity contribution in [2.75, 3.05) is 19.7 Å². The number of hydrogen-bond donors (Lipinski definition) is 1. The summed E-state index contributed by atoms with van der Waals surface area (Å²) in [6.45, 7) is 6.00. The molecule has 2 rings (SSSR count). The van der Waals surface area contributed by atoms with Crippen LogP contribution >= 0.6 is 0 Å². The number of piperidine rings is 1. The Morgan fingerprint density at radius 3 is 2.65 bits per heavy atom. The van der Waals surface area contributed by atoms with Crippen LogP contribution in [0.2, 0.25) is 0 Å². The molecule has 94 valence electrons. The maximum Gasteiger partial charge on any atom is 0.145 e. The first-order chi connectivity index (χ1) is 8.20. The lowest BCUT2D eigenvalue weighted by atomic mass is 10.0. The van der Waals surface area contributed by atoms with E-state index in [4.69, 9.17) is 5.11 Å². The van der Waals surface area contributed by atoms with E-state index in [0.29, 0.717) is 0 Å². The molecule has 4 heteroatoms. The van der Waals surface area contributed by atoms with Crippen molar-refractivity contribution >= 4 is 0 Å². The number of aryl methyl sites for hydroxylation is 2. The van der Waals surface area contributed by atoms with Crippen LogP contribution in [0.4, 0.5) is 0 Å². The van der Waals surface area contributed by atoms with Crippen molar-refractivity contribution in [3.05, 3.63) is 23.3 Å². The van der Waals surface area contributed by atoms with Gasteiger partial charge < -0.3 is 5.11 Å². The predicted octanol–water partition coefficient (Wildman–Crippen LogP) is 1.61. The van der Waals surface area contributed by atoms with Crippen LogP contribution in [0.1, 0.15) is 42.5 Å². The fourth-order valence-corrected chi connectivity index (χ4v) is 2.58. The Hall–Kier alpha value is -1.00. The first kappa shape index (κ1) is 12.5. The van der Waals surface area contributed by atoms with Crippen LogP contribution in [0.3, 0.4) is 0 Å². The number of hydrogen-bond acceptors (Lipinski definition) is 4. The summed E-state index contributed by atoms with van der Waals surface area (Å²) in [5.41, 5.74) is 2.06. The number of aliphatic hydroxyl groups is 1. The Bertz CT molecular complexity index is 359. The SMILES string of the molecule is Cc1cc(C)nc([C@@H]2CCCCN2CCO)n1. The summed E-state index contributed by atoms with van der Waals surface area (Å²) in [4.78, 5) is 11.4. The van der Waals surface area contributed by atoms with Crippen LogP contribution in [-0.4, -0.2) is 39.7 Å². The van der Waals surface area contributed by atoms with Gasteiger partial charge in [0.05, 0.1) is 12.6 Å². The lowest BCUT2D eigenvalue weighted by molar-refractivity contribution is 0.112. The van der Waals surface area contributed by atoms with E-state index in [0.717, 1.165) is 36.7 Å². The van der Waals surface area contributed by atoms with Gasteiger partial charge in [-0.15, -0.1) is 0 Å². The van der Waals surface area contributed by atoms with E-state index in [2.05, 4.69) is 14.9 Å². The molecule has 0 amide bonds. The van der Waals surface area contributed by atoms with E-state index in [1.807, 2.05) is 19.9 Å². The minimum absolute atomic E-state index is 0.210. The minimum Gasteiger partial charge on any atom is -0.395 e. The molecular formula is C13H21N3O. The molecule has 1 saturated heterocycles. The molecule has 0 unspecified atom stereocenters. The predicted molar refractivity (Wildman–Crippen MR) is 66.8 cm³/mol. The first-order valence-electron chi connectivity index (χ1n) is 6.38. The smallest absolute Gasteiger partial charge is 0.145 e. The summed E-state index contributed by atoms with van der Waals surface area (Å²) >= 11 is 0. The number of aliphatic hydroxyl groups excluding tert-OH is 1. The van der Waals surface area contributed by atoms with Gasteiger partial charge in [-0.3, -0.25) is 4.90 Å². The van der Waals surface area contributed by atoms with Crippen molar-refractivity contribution in [1.29, 1.82) is 0 Å². The fraction of sp³-hybridized carbons (Fsp3) is 0.692. The maximum absolute atomic E-state index is 9.11. The van der Waals surface area contributed by atoms with Crippen molar-refractivity contribution in [3.63, 3.8) is 0 Å². The van der Waals surface area contributed by atoms with Gasteiger partial charge >= 0.3 is 0 Å². The molecule has 0 aromatic carbocycles. The monoisotopic (exact) mass is 235 g/mol. The molecule has 0 bridgehead atoms. The second-order valence-electron chi connectivity index (χ2n) is 4.78. The molecule has 4 nitrogen and oxygen atoms in total. The van der Waals surface area contributed by atoms with Crippen molar-refractivity contribution in [2.45, 2.75) is 39.2 Å². The zero-order chi connectivity index (χ0) is 12.3. The zero-order valence-electron chi connectivity index (χ0n) is 10.7. The van der Waals surface area contributed by atoms with E-state index in [9.17, 15) is 0 Å². The van der Waals surface area contributed by atoms with Crippen LogP contribution < -0.4 is 0 Å². The topological polar surface area (TPSA) is 49.2 Å². The molecule has 1 atom stereocenters. The summed E-state index contributed by atoms with van der Waals surface area (Å²) in [6, 6.07) is 2.29. The van der Waals surface area contributed by atoms with Gasteiger partial charge in [-0.05, 0) is 39.3 Å². The van der Waals surface area contributed by atoms with Crippen molar-refractivity contribution in [2.24, 2.45) is 0 Å². The molecule has 1 aliphatic heterocycles. The highest BCUT2D eigenvalue weighted by atomic mass is 16.3. The number of nitrogens with zero attached hydrogens (tertiary/aromatic N) is 3. The van der Waals surface area contributed by atoms with Crippen molar-refractivity contribution in [3.8, 4) is 0 Å². The number of rotatable bonds is 3. The Morgan fingerprint density at radius 2 is 2.00 bits per heavy atom. The van der Waals surface area contributed by atoms with Crippen molar-refractivity contribution < 1.29 is 5.11 Å². The molecule has 1 N–H and O–H groups in total. The molecule has 17 heavy (non-hydrogen) atoms. The largest absolute Gasteiger partial charge is 0.395 e. The second kappa shape index (κ2) is 5.56. The van der Waals surface area contributed by atoms with Gasteiger partial charge in [0.2, 0.25) is 0 Å². The lowest BCUT2D eigenvalue weighted by Gasteiger charge is -2.34. The van der Waals surface area contributed by atoms with Gasteiger partial charge in [0.25, 0.3) is 0 Å². The Morgan fingerprint density at radius 1 is 1.29 bits per heavy atom. The third kappa shape index (κ3) is 3.01. The average Bonchev–Trinajstić information content (AvgIpc) is 2.29. The third-order valence-electron chi connectivity index (χ3n) is 3.30. The van der Waals surface area contributed by atoms with Crippen LogP contribution in [0.15, 0.2) is 6.07 Å². The standard InChI is InChI=1S/C13H21N3O/c1-10-9-11(2)15-13(14-10)12-5-3-4-6-16(12)7-8-17/h9,12,17H,3-8H2,1-2H3/t12-/m0/s1. The fourth-order valence-electron chi connectivity index (χ4n) is 2.58. The summed E-state index contributed by atoms with van der Waals surface area (Å²) in [5, 5.41) is 9.11. The van der Waals surface area contributed by atoms with Gasteiger partial charge in [0.15, 0.2) is 0 Å². The first-order valence-corrected chi connectivity index (χ1v) is 6.38. The van der Waals surface area contributed by atoms with E-state index < -0.39 is 0 Å². The summed E-state index contributed by atoms with van der Waals surface area (Å²) in [5.74, 6) is 0.927. The quantitative estimate of drug-likeness (QED) is 0.864. The maximum atomic E-state index is 9.11. The molecule has 1 aromatic rings. The second-order valence-corrected chi connectivity index (χ2v) is 4.78. The van der Waals surface area contributed by atoms with Gasteiger partial charge in [-0.2, -0.15) is 0 Å². The van der Waals surface area contributed by atoms with E-state index in [-0.39, 0.29) is 12.6 Å². The molecule has 1 aromatic heterocycles. The molecule has 1 fully saturated rings. The van der Waals surface area contributed by atoms with E-state index >= 15 is 0 Å². The number of aromatic nitrogens is 2. The summed E-state index contributed by atoms with van der Waals surface area (Å²) in [6.07, 6.45) is 3.53. The summed E-state index contributed by atoms with van der Waals surface area (Å²) < 4.78 is 0. The Labute approximate surface area is 103 Å². The Kier molecular flexibility index (Phi) is 4.07. The van der Waals surface area contributed by atoms with Gasteiger partial charge in [0, 0.05) is 17.9 Å². The van der Waals surface area contributed by atoms with Crippen molar-refractivity contribution in [1.82, 2.24) is 14.9 Å². The number of β-amino-alcohol motifs (C(OH)–C–C–N with tert-alkyl or cyclic N) is 1. The minimum atomic E-state index is 0.210. The van der Waals surface area contributed by atoms with E-state index in [1.54, 1.807) is 0 Å². The van der Waals surface area contributed by atoms with E-state index in [1.165, 1.54) is 12.8 Å². The third-order valence-corrected chi connectivity index (χ3v) is 3.30. The average molecular weight is 235 g/mol. The zero-order valence-corrected chi connectivity index (χ0v) is 10.7. The van der Waals surface area contributed by atoms with Crippen LogP contribution in [0.5, 0.6) is 0 Å². The molecule has 1 aliphatic rings. The van der Waals surface area contributed by atoms with Gasteiger partial charge in [-0.25, -0.2) is 9.97 Å². The highest BCUT2D eigenvalue weighted by molar-refractivity contribution is 5.11. The highest BCUT2D eigenvalue weighted by Gasteiger charge is 2.25. The van der Waals surface area contributed by atoms with Gasteiger partial charge in [0.1, 0.15) is 5.82 Å². The van der Waals surface area contributed by atoms with Crippen LogP contribution in [0.25, 0.3) is 0 Å². The highest BCUT2D eigenvalue weighted by Crippen LogP contribution is 2.28. The summed E-state index contributed by atoms with van der Waals surface area (Å²) in [7, 11) is 0. The molecule has 0 aliphatic carbocycles. The molecule has 2 heterocycles. The molecule has 0 radical (unpaired) electrons. The molecule has 0 spiro atoms. The van der Waals surface area contributed by atoms with Gasteiger partial charge in [-0.1, -0.05) is 6.42 Å². The Balaban J connectivity index is 2.22. The normalized spacial score (nSPS) is 21.7. The number of likely N-dealkylation sites (tertiary alicyclic amines) is 1.